The molecule has 4 aromatic heterocycles. The maximum absolute atomic E-state index is 12.7. The number of imidazole rings is 1. The smallest absolute Gasteiger partial charge is 0.412 e. The summed E-state index contributed by atoms with van der Waals surface area (Å²) in [4.78, 5) is 34.4. The number of carbonyl (C=O) groups excluding carboxylic acids is 1. The van der Waals surface area contributed by atoms with E-state index in [1.165, 1.54) is 0 Å². The first-order chi connectivity index (χ1) is 18.6. The van der Waals surface area contributed by atoms with Crippen LogP contribution in [0.2, 0.25) is 5.15 Å². The number of halogens is 1. The number of H-pyrrole nitrogens is 1. The Hall–Kier alpha value is -3.92. The van der Waals surface area contributed by atoms with E-state index in [0.29, 0.717) is 40.6 Å². The zero-order valence-corrected chi connectivity index (χ0v) is 23.4. The molecular formula is C28H32ClN7O3. The van der Waals surface area contributed by atoms with Crippen molar-refractivity contribution in [2.24, 2.45) is 0 Å². The molecule has 1 saturated carbocycles. The average molecular weight is 550 g/mol. The van der Waals surface area contributed by atoms with Gasteiger partial charge in [0.15, 0.2) is 0 Å². The number of carbonyl (C=O) groups is 1. The maximum atomic E-state index is 12.7. The molecule has 0 bridgehead atoms. The third-order valence-corrected chi connectivity index (χ3v) is 6.52. The molecule has 10 nitrogen and oxygen atoms in total. The SMILES string of the molecule is CCc1nc(Cl)cc2[nH]c(NCc3c(NC(=O)OC(C)(C)C)ccnc3-c3cnc(C4CC4)cc3OC)nc12. The Balaban J connectivity index is 1.52. The fourth-order valence-corrected chi connectivity index (χ4v) is 4.59. The van der Waals surface area contributed by atoms with Crippen molar-refractivity contribution in [2.45, 2.75) is 65.0 Å². The van der Waals surface area contributed by atoms with Crippen molar-refractivity contribution in [3.8, 4) is 17.0 Å². The van der Waals surface area contributed by atoms with Crippen molar-refractivity contribution in [1.29, 1.82) is 0 Å². The molecule has 0 spiro atoms. The van der Waals surface area contributed by atoms with Crippen LogP contribution >= 0.6 is 11.6 Å². The normalized spacial score (nSPS) is 13.4. The molecule has 0 saturated heterocycles. The van der Waals surface area contributed by atoms with Crippen LogP contribution in [0.4, 0.5) is 16.4 Å². The highest BCUT2D eigenvalue weighted by atomic mass is 35.5. The second kappa shape index (κ2) is 10.7. The molecule has 1 fully saturated rings. The van der Waals surface area contributed by atoms with Gasteiger partial charge in [-0.3, -0.25) is 15.3 Å². The van der Waals surface area contributed by atoms with Gasteiger partial charge in [-0.25, -0.2) is 14.8 Å². The number of amides is 1. The van der Waals surface area contributed by atoms with Gasteiger partial charge in [-0.1, -0.05) is 18.5 Å². The minimum absolute atomic E-state index is 0.282. The molecule has 1 aliphatic rings. The van der Waals surface area contributed by atoms with Crippen LogP contribution in [-0.2, 0) is 17.7 Å². The summed E-state index contributed by atoms with van der Waals surface area (Å²) in [5.74, 6) is 1.69. The number of methoxy groups -OCH3 is 1. The van der Waals surface area contributed by atoms with Gasteiger partial charge in [0, 0.05) is 48.2 Å². The van der Waals surface area contributed by atoms with Gasteiger partial charge in [-0.2, -0.15) is 0 Å². The summed E-state index contributed by atoms with van der Waals surface area (Å²) < 4.78 is 11.3. The number of aromatic amines is 1. The molecule has 204 valence electrons. The Morgan fingerprint density at radius 1 is 1.21 bits per heavy atom. The van der Waals surface area contributed by atoms with Crippen molar-refractivity contribution >= 4 is 40.4 Å². The van der Waals surface area contributed by atoms with Crippen LogP contribution in [0.25, 0.3) is 22.3 Å². The van der Waals surface area contributed by atoms with Crippen LogP contribution in [0.3, 0.4) is 0 Å². The van der Waals surface area contributed by atoms with Gasteiger partial charge in [-0.05, 0) is 46.1 Å². The summed E-state index contributed by atoms with van der Waals surface area (Å²) in [6.07, 6.45) is 5.83. The molecule has 0 radical (unpaired) electrons. The maximum Gasteiger partial charge on any atom is 0.412 e. The van der Waals surface area contributed by atoms with Crippen molar-refractivity contribution in [2.75, 3.05) is 17.7 Å². The van der Waals surface area contributed by atoms with Crippen LogP contribution in [0.15, 0.2) is 30.6 Å². The van der Waals surface area contributed by atoms with Crippen LogP contribution in [0.1, 0.15) is 63.4 Å². The fourth-order valence-electron chi connectivity index (χ4n) is 4.38. The molecular weight excluding hydrogens is 518 g/mol. The monoisotopic (exact) mass is 549 g/mol. The highest BCUT2D eigenvalue weighted by Gasteiger charge is 2.27. The highest BCUT2D eigenvalue weighted by Crippen LogP contribution is 2.42. The van der Waals surface area contributed by atoms with Gasteiger partial charge in [-0.15, -0.1) is 0 Å². The number of nitrogens with one attached hydrogen (secondary N) is 3. The number of pyridine rings is 3. The number of nitrogens with zero attached hydrogens (tertiary/aromatic N) is 4. The summed E-state index contributed by atoms with van der Waals surface area (Å²) >= 11 is 6.19. The minimum Gasteiger partial charge on any atom is -0.496 e. The Labute approximate surface area is 231 Å². The number of ether oxygens (including phenoxy) is 2. The lowest BCUT2D eigenvalue weighted by molar-refractivity contribution is 0.0636. The van der Waals surface area contributed by atoms with Gasteiger partial charge >= 0.3 is 6.09 Å². The van der Waals surface area contributed by atoms with Gasteiger partial charge in [0.1, 0.15) is 22.0 Å². The number of hydrogen-bond acceptors (Lipinski definition) is 8. The predicted molar refractivity (Wildman–Crippen MR) is 151 cm³/mol. The van der Waals surface area contributed by atoms with Crippen molar-refractivity contribution in [1.82, 2.24) is 24.9 Å². The summed E-state index contributed by atoms with van der Waals surface area (Å²) in [5, 5.41) is 6.63. The van der Waals surface area contributed by atoms with Gasteiger partial charge in [0.05, 0.1) is 35.3 Å². The highest BCUT2D eigenvalue weighted by molar-refractivity contribution is 6.30. The van der Waals surface area contributed by atoms with E-state index < -0.39 is 11.7 Å². The van der Waals surface area contributed by atoms with E-state index in [1.54, 1.807) is 31.6 Å². The first-order valence-corrected chi connectivity index (χ1v) is 13.3. The molecule has 0 aromatic carbocycles. The van der Waals surface area contributed by atoms with Crippen LogP contribution in [0, 0.1) is 0 Å². The third-order valence-electron chi connectivity index (χ3n) is 6.33. The van der Waals surface area contributed by atoms with Gasteiger partial charge in [0.2, 0.25) is 5.95 Å². The zero-order valence-electron chi connectivity index (χ0n) is 22.7. The Bertz CT molecular complexity index is 1530. The second-order valence-electron chi connectivity index (χ2n) is 10.5. The fraction of sp³-hybridized carbons (Fsp3) is 0.393. The summed E-state index contributed by atoms with van der Waals surface area (Å²) in [6.45, 7) is 7.74. The molecule has 4 heterocycles. The van der Waals surface area contributed by atoms with Crippen molar-refractivity contribution in [3.63, 3.8) is 0 Å². The van der Waals surface area contributed by atoms with Crippen molar-refractivity contribution in [3.05, 3.63) is 52.7 Å². The summed E-state index contributed by atoms with van der Waals surface area (Å²) in [6, 6.07) is 5.46. The van der Waals surface area contributed by atoms with Crippen molar-refractivity contribution < 1.29 is 14.3 Å². The number of aryl methyl sites for hydroxylation is 1. The van der Waals surface area contributed by atoms with E-state index in [0.717, 1.165) is 46.4 Å². The van der Waals surface area contributed by atoms with Crippen LogP contribution in [-0.4, -0.2) is 43.7 Å². The molecule has 0 aliphatic heterocycles. The molecule has 1 aliphatic carbocycles. The predicted octanol–water partition coefficient (Wildman–Crippen LogP) is 6.48. The van der Waals surface area contributed by atoms with E-state index in [2.05, 4.69) is 30.6 Å². The minimum atomic E-state index is -0.648. The standard InChI is InChI=1S/C28H32ClN7O3/c1-6-18-25-21(12-23(29)33-18)34-26(36-25)32-13-16-19(35-27(37)39-28(2,3)4)9-10-30-24(16)17-14-31-20(15-7-8-15)11-22(17)38-5/h9-12,14-15H,6-8,13H2,1-5H3,(H,30,35,37)(H2,32,34,36). The molecule has 1 amide bonds. The van der Waals surface area contributed by atoms with E-state index >= 15 is 0 Å². The second-order valence-corrected chi connectivity index (χ2v) is 10.9. The lowest BCUT2D eigenvalue weighted by Crippen LogP contribution is -2.27. The Morgan fingerprint density at radius 3 is 2.69 bits per heavy atom. The van der Waals surface area contributed by atoms with Gasteiger partial charge < -0.3 is 19.8 Å². The Morgan fingerprint density at radius 2 is 2.00 bits per heavy atom. The van der Waals surface area contributed by atoms with Crippen LogP contribution < -0.4 is 15.4 Å². The first-order valence-electron chi connectivity index (χ1n) is 13.0. The molecule has 11 heteroatoms. The number of fused-ring (bicyclic) bond motifs is 1. The number of rotatable bonds is 8. The topological polar surface area (TPSA) is 127 Å². The largest absolute Gasteiger partial charge is 0.496 e. The number of hydrogen-bond donors (Lipinski definition) is 3. The lowest BCUT2D eigenvalue weighted by Gasteiger charge is -2.21. The van der Waals surface area contributed by atoms with Gasteiger partial charge in [0.25, 0.3) is 0 Å². The molecule has 3 N–H and O–H groups in total. The van der Waals surface area contributed by atoms with E-state index in [9.17, 15) is 4.79 Å². The molecule has 5 rings (SSSR count). The lowest BCUT2D eigenvalue weighted by atomic mass is 10.0. The Kier molecular flexibility index (Phi) is 7.31. The molecule has 0 unspecified atom stereocenters. The van der Waals surface area contributed by atoms with Crippen LogP contribution in [0.5, 0.6) is 5.75 Å². The zero-order chi connectivity index (χ0) is 27.7. The van der Waals surface area contributed by atoms with E-state index in [4.69, 9.17) is 26.1 Å². The summed E-state index contributed by atoms with van der Waals surface area (Å²) in [5.41, 5.74) is 5.32. The number of anilines is 2. The number of aromatic nitrogens is 5. The third kappa shape index (κ3) is 6.06. The van der Waals surface area contributed by atoms with E-state index in [-0.39, 0.29) is 6.54 Å². The van der Waals surface area contributed by atoms with E-state index in [1.807, 2.05) is 33.8 Å². The first kappa shape index (κ1) is 26.7. The summed E-state index contributed by atoms with van der Waals surface area (Å²) in [7, 11) is 1.63. The molecule has 4 aromatic rings. The average Bonchev–Trinajstić information content (AvgIpc) is 3.65. The molecule has 39 heavy (non-hydrogen) atoms. The quantitative estimate of drug-likeness (QED) is 0.213. The molecule has 0 atom stereocenters.